The maximum absolute atomic E-state index is 15.7. The third-order valence-electron chi connectivity index (χ3n) is 14.3. The summed E-state index contributed by atoms with van der Waals surface area (Å²) < 4.78 is 63.3. The molecule has 2 aromatic heterocycles. The second kappa shape index (κ2) is 24.9. The average molecular weight is 1130 g/mol. The number of nitrogens with one attached hydrogen (secondary N) is 2. The van der Waals surface area contributed by atoms with E-state index in [-0.39, 0.29) is 47.2 Å². The highest BCUT2D eigenvalue weighted by Gasteiger charge is 2.52. The first-order valence-corrected chi connectivity index (χ1v) is 33.7. The zero-order chi connectivity index (χ0) is 57.4. The van der Waals surface area contributed by atoms with E-state index in [2.05, 4.69) is 127 Å². The van der Waals surface area contributed by atoms with Crippen LogP contribution in [0, 0.1) is 11.8 Å². The Morgan fingerprint density at radius 2 is 1.14 bits per heavy atom. The standard InChI is InChI=1S/C32H43N3O3SSi.C30H39N3O3SSi/c1-10-27-29(23-35(9)30(27)31(36)38-12-3)39(37,33-28(11-2)24(4)5)34-40(32(6,7)8,25-19-15-13-16-20-25)26-21-17-14-18-22-26;1-8-36-29(34)28-25-19-20-26(22(2)3)31-37(35,27(25)21-33(28)7)32-38(30(4,5)6,23-15-11-9-12-16-23)24-17-13-10-14-18-24/h10-11,13-24,28H,1-2,12H2,3-9H3,(H,33,34,37);9-22,26H,8H2,1-7H3,(H,31,32,35)/t28-,39?;26-,37?/m01/s1. The molecule has 1 aliphatic rings. The molecular formula is C62H82N6O6S2Si2. The third-order valence-corrected chi connectivity index (χ3v) is 30.6. The summed E-state index contributed by atoms with van der Waals surface area (Å²) in [4.78, 5) is 27.0. The molecule has 1 aliphatic heterocycles. The van der Waals surface area contributed by atoms with E-state index in [0.29, 0.717) is 32.3 Å². The SMILES string of the molecule is C=Cc1c(S(=O)(=N[Si](c2ccccc2)(c2ccccc2)C(C)(C)C)N[C@@H](C=C)C(C)C)cn(C)c1C(=O)OCC.CCOC(=O)c1c2c(cn1C)S(=O)(=N[Si](c1ccccc1)(c1ccccc1)C(C)(C)C)N[C@@H](C(C)C)C=C2. The van der Waals surface area contributed by atoms with Crippen LogP contribution >= 0.6 is 0 Å². The lowest BCUT2D eigenvalue weighted by Crippen LogP contribution is -2.64. The van der Waals surface area contributed by atoms with E-state index in [9.17, 15) is 9.59 Å². The highest BCUT2D eigenvalue weighted by molar-refractivity contribution is 7.93. The number of carbonyl (C=O) groups is 2. The summed E-state index contributed by atoms with van der Waals surface area (Å²) in [5.41, 5.74) is 1.73. The lowest BCUT2D eigenvalue weighted by atomic mass is 10.0. The smallest absolute Gasteiger partial charge is 0.355 e. The molecular weight excluding hydrogens is 1050 g/mol. The summed E-state index contributed by atoms with van der Waals surface area (Å²) in [5.74, 6) is -0.683. The van der Waals surface area contributed by atoms with E-state index in [1.165, 1.54) is 0 Å². The molecule has 3 heterocycles. The van der Waals surface area contributed by atoms with Gasteiger partial charge in [-0.05, 0) is 56.5 Å². The molecule has 4 aromatic carbocycles. The summed E-state index contributed by atoms with van der Waals surface area (Å²) in [6, 6.07) is 40.4. The van der Waals surface area contributed by atoms with Crippen LogP contribution in [0.3, 0.4) is 0 Å². The van der Waals surface area contributed by atoms with E-state index in [4.69, 9.17) is 17.5 Å². The summed E-state index contributed by atoms with van der Waals surface area (Å²) >= 11 is 0. The molecule has 6 aromatic rings. The van der Waals surface area contributed by atoms with Crippen molar-refractivity contribution in [2.75, 3.05) is 13.2 Å². The fourth-order valence-corrected chi connectivity index (χ4v) is 28.5. The molecule has 0 spiro atoms. The van der Waals surface area contributed by atoms with Gasteiger partial charge in [0.2, 0.25) is 0 Å². The molecule has 0 saturated carbocycles. The normalized spacial score (nSPS) is 16.9. The number of nitrogens with zero attached hydrogens (tertiary/aromatic N) is 4. The highest BCUT2D eigenvalue weighted by atomic mass is 32.2. The number of rotatable bonds is 17. The zero-order valence-corrected chi connectivity index (χ0v) is 51.8. The van der Waals surface area contributed by atoms with Crippen LogP contribution in [0.4, 0.5) is 0 Å². The molecule has 16 heteroatoms. The minimum Gasteiger partial charge on any atom is -0.461 e. The monoisotopic (exact) mass is 1130 g/mol. The lowest BCUT2D eigenvalue weighted by molar-refractivity contribution is 0.0505. The number of esters is 2. The summed E-state index contributed by atoms with van der Waals surface area (Å²) in [5, 5.41) is 3.56. The van der Waals surface area contributed by atoms with Crippen molar-refractivity contribution in [1.29, 1.82) is 0 Å². The molecule has 2 unspecified atom stereocenters. The van der Waals surface area contributed by atoms with Gasteiger partial charge in [-0.1, -0.05) is 221 Å². The van der Waals surface area contributed by atoms with E-state index < -0.39 is 48.2 Å². The second-order valence-electron chi connectivity index (χ2n) is 22.4. The van der Waals surface area contributed by atoms with Gasteiger partial charge in [-0.15, -0.1) is 6.58 Å². The van der Waals surface area contributed by atoms with Gasteiger partial charge in [0, 0.05) is 49.7 Å². The zero-order valence-electron chi connectivity index (χ0n) is 48.2. The van der Waals surface area contributed by atoms with Gasteiger partial charge in [-0.3, -0.25) is 0 Å². The summed E-state index contributed by atoms with van der Waals surface area (Å²) in [6.07, 6.45) is 10.8. The van der Waals surface area contributed by atoms with Crippen molar-refractivity contribution in [1.82, 2.24) is 18.6 Å². The van der Waals surface area contributed by atoms with Crippen LogP contribution in [-0.4, -0.2) is 71.3 Å². The molecule has 4 atom stereocenters. The highest BCUT2D eigenvalue weighted by Crippen LogP contribution is 2.41. The van der Waals surface area contributed by atoms with Crippen LogP contribution in [0.2, 0.25) is 10.1 Å². The lowest BCUT2D eigenvalue weighted by Gasteiger charge is -2.41. The molecule has 0 amide bonds. The Hall–Kier alpha value is -6.15. The van der Waals surface area contributed by atoms with Crippen LogP contribution in [-0.2, 0) is 43.4 Å². The second-order valence-corrected chi connectivity index (χ2v) is 35.4. The first kappa shape index (κ1) is 61.1. The van der Waals surface area contributed by atoms with Crippen molar-refractivity contribution in [2.24, 2.45) is 34.0 Å². The number of fused-ring (bicyclic) bond motifs is 1. The number of aromatic nitrogens is 2. The fraction of sp³-hybridized carbons (Fsp3) is 0.355. The van der Waals surface area contributed by atoms with E-state index >= 15 is 8.42 Å². The molecule has 416 valence electrons. The van der Waals surface area contributed by atoms with Gasteiger partial charge >= 0.3 is 11.9 Å². The number of ether oxygens (including phenoxy) is 2. The number of aryl methyl sites for hydroxylation is 2. The van der Waals surface area contributed by atoms with Crippen molar-refractivity contribution in [3.63, 3.8) is 0 Å². The molecule has 2 N–H and O–H groups in total. The Morgan fingerprint density at radius 3 is 1.53 bits per heavy atom. The van der Waals surface area contributed by atoms with Gasteiger partial charge in [0.1, 0.15) is 31.2 Å². The van der Waals surface area contributed by atoms with Gasteiger partial charge in [0.25, 0.3) is 16.5 Å². The molecule has 7 rings (SSSR count). The maximum atomic E-state index is 15.7. The van der Waals surface area contributed by atoms with Gasteiger partial charge in [-0.2, -0.15) is 0 Å². The van der Waals surface area contributed by atoms with Crippen molar-refractivity contribution in [2.45, 2.75) is 115 Å². The maximum Gasteiger partial charge on any atom is 0.355 e. The Morgan fingerprint density at radius 1 is 0.718 bits per heavy atom. The van der Waals surface area contributed by atoms with Crippen molar-refractivity contribution < 1.29 is 27.5 Å². The number of hydrogen-bond acceptors (Lipinski definition) is 8. The average Bonchev–Trinajstić information content (AvgIpc) is 4.09. The first-order valence-electron chi connectivity index (χ1n) is 26.8. The largest absolute Gasteiger partial charge is 0.461 e. The topological polar surface area (TPSA) is 145 Å². The Balaban J connectivity index is 0.000000253. The number of carbonyl (C=O) groups excluding carboxylic acids is 2. The van der Waals surface area contributed by atoms with Crippen LogP contribution in [0.15, 0.2) is 177 Å². The van der Waals surface area contributed by atoms with Gasteiger partial charge in [-0.25, -0.2) is 35.5 Å². The van der Waals surface area contributed by atoms with E-state index in [1.54, 1.807) is 61.6 Å². The Kier molecular flexibility index (Phi) is 19.5. The van der Waals surface area contributed by atoms with Crippen LogP contribution in [0.25, 0.3) is 12.2 Å². The predicted octanol–water partition coefficient (Wildman–Crippen LogP) is 11.1. The Labute approximate surface area is 468 Å². The quantitative estimate of drug-likeness (QED) is 0.0528. The minimum absolute atomic E-state index is 0.0908. The van der Waals surface area contributed by atoms with Crippen molar-refractivity contribution in [3.05, 3.63) is 182 Å². The number of benzene rings is 4. The summed E-state index contributed by atoms with van der Waals surface area (Å²) in [6.45, 7) is 33.4. The van der Waals surface area contributed by atoms with Crippen molar-refractivity contribution in [3.8, 4) is 0 Å². The van der Waals surface area contributed by atoms with Crippen LogP contribution in [0.1, 0.15) is 115 Å². The molecule has 78 heavy (non-hydrogen) atoms. The molecule has 0 bridgehead atoms. The summed E-state index contributed by atoms with van der Waals surface area (Å²) in [7, 11) is -9.33. The van der Waals surface area contributed by atoms with Gasteiger partial charge in [0.15, 0.2) is 0 Å². The molecule has 0 saturated heterocycles. The fourth-order valence-electron chi connectivity index (χ4n) is 10.3. The Bertz CT molecular complexity index is 3280. The number of hydrogen-bond donors (Lipinski definition) is 2. The molecule has 0 fully saturated rings. The molecule has 0 radical (unpaired) electrons. The predicted molar refractivity (Wildman–Crippen MR) is 328 cm³/mol. The molecule has 0 aliphatic carbocycles. The van der Waals surface area contributed by atoms with Crippen LogP contribution in [0.5, 0.6) is 0 Å². The minimum atomic E-state index is -3.39. The van der Waals surface area contributed by atoms with E-state index in [1.807, 2.05) is 98.8 Å². The molecule has 12 nitrogen and oxygen atoms in total. The van der Waals surface area contributed by atoms with E-state index in [0.717, 1.165) is 20.7 Å². The third kappa shape index (κ3) is 12.2. The van der Waals surface area contributed by atoms with Crippen LogP contribution < -0.4 is 30.2 Å². The van der Waals surface area contributed by atoms with Gasteiger partial charge in [0.05, 0.1) is 23.0 Å². The first-order chi connectivity index (χ1) is 36.8. The van der Waals surface area contributed by atoms with Crippen molar-refractivity contribution >= 4 is 81.1 Å². The van der Waals surface area contributed by atoms with Gasteiger partial charge < -0.3 is 18.6 Å².